The molecule has 628 valence electrons. The number of pyridine rings is 3. The molecular formula is C98H59Cl18N8O2+. The van der Waals surface area contributed by atoms with Crippen LogP contribution >= 0.6 is 209 Å². The number of aromatic nitrogens is 8. The van der Waals surface area contributed by atoms with E-state index in [4.69, 9.17) is 223 Å². The van der Waals surface area contributed by atoms with Gasteiger partial charge < -0.3 is 9.15 Å². The number of imidazole rings is 3. The van der Waals surface area contributed by atoms with Crippen molar-refractivity contribution in [1.29, 1.82) is 0 Å². The molecule has 19 aromatic rings. The van der Waals surface area contributed by atoms with Crippen LogP contribution in [0, 0.1) is 20.8 Å². The normalized spacial score (nSPS) is 13.1. The molecule has 7 aromatic heterocycles. The van der Waals surface area contributed by atoms with Crippen molar-refractivity contribution in [3.05, 3.63) is 418 Å². The number of rotatable bonds is 12. The van der Waals surface area contributed by atoms with Crippen LogP contribution in [0.4, 0.5) is 0 Å². The zero-order valence-electron chi connectivity index (χ0n) is 66.1. The zero-order chi connectivity index (χ0) is 88.5. The molecule has 0 radical (unpaired) electrons. The average Bonchev–Trinajstić information content (AvgIpc) is 1.56. The molecule has 0 saturated heterocycles. The van der Waals surface area contributed by atoms with Crippen molar-refractivity contribution in [2.24, 2.45) is 0 Å². The van der Waals surface area contributed by atoms with Crippen molar-refractivity contribution < 1.29 is 13.6 Å². The number of para-hydroxylation sites is 9. The predicted octanol–water partition coefficient (Wildman–Crippen LogP) is 34.7. The standard InChI is InChI=1S/C34H23Cl6NO.C32H18Cl6N4.C32H18Cl6N3O/c1-17-10-22(35)30(23(36)11-17)33(32-26(39)15-41-16-27(32)40)31-24(37)13-19(14-25(31)38)18-8-9-29-21(12-18)34(2,3)20-6-4-5-7-28(20)42-29;1-16-10-18(33)28(19(34)11-16)31(30-22(37)14-39-15-23(30)38)29-20(35)12-17(13-21(29)36)41-26-8-4-5-9-27(26)42-25-7-3-2-6-24(25)40-32(41)42;1-16-10-18(33)28(19(34)11-16)31(30-22(37)14-39-15-23(30)38)29-20(35)12-17(13-21(29)36)40-24-6-2-3-7-25(24)41-26-8-4-5-9-27(26)42-32(40)41/h4-16,33H,1-3H3;2*2-15,31H,1H3/q;;+1. The summed E-state index contributed by atoms with van der Waals surface area (Å²) in [5.74, 6) is 1.00. The van der Waals surface area contributed by atoms with E-state index in [9.17, 15) is 0 Å². The van der Waals surface area contributed by atoms with Gasteiger partial charge in [0.2, 0.25) is 5.78 Å². The number of nitrogens with zero attached hydrogens (tertiary/aromatic N) is 8. The Labute approximate surface area is 812 Å². The summed E-state index contributed by atoms with van der Waals surface area (Å²) >= 11 is 124. The highest BCUT2D eigenvalue weighted by Gasteiger charge is 2.39. The van der Waals surface area contributed by atoms with Gasteiger partial charge in [0.15, 0.2) is 22.1 Å². The highest BCUT2D eigenvalue weighted by Crippen LogP contribution is 2.56. The minimum absolute atomic E-state index is 0.271. The van der Waals surface area contributed by atoms with Crippen LogP contribution in [0.25, 0.3) is 78.3 Å². The van der Waals surface area contributed by atoms with Gasteiger partial charge in [0.05, 0.1) is 67.9 Å². The summed E-state index contributed by atoms with van der Waals surface area (Å²) in [7, 11) is 0. The summed E-state index contributed by atoms with van der Waals surface area (Å²) in [5, 5.41) is 6.96. The monoisotopic (exact) mass is 2010 g/mol. The third-order valence-electron chi connectivity index (χ3n) is 22.6. The molecule has 0 fully saturated rings. The van der Waals surface area contributed by atoms with Crippen LogP contribution in [-0.2, 0) is 5.41 Å². The Kier molecular flexibility index (Phi) is 24.9. The molecule has 0 bridgehead atoms. The minimum Gasteiger partial charge on any atom is -0.457 e. The van der Waals surface area contributed by atoms with Crippen LogP contribution in [0.15, 0.2) is 254 Å². The molecule has 3 atom stereocenters. The van der Waals surface area contributed by atoms with Crippen molar-refractivity contribution >= 4 is 265 Å². The molecule has 20 rings (SSSR count). The SMILES string of the molecule is Cc1cc(Cl)c(C(c2c(Cl)cncc2Cl)c2c(Cl)cc(-c3ccc4c(c3)C(C)(C)c3ccccc3O4)cc2Cl)c(Cl)c1.Cc1cc(Cl)c(C(c2c(Cl)cncc2Cl)c2c(Cl)cc(-n3c4ccccc4[n+]4c5ccccc5oc34)cc2Cl)c(Cl)c1.Cc1cc(Cl)c(C(c2c(Cl)cncc2Cl)c2c(Cl)cc(-n3c4ccccc4n4c5ccccc5nc34)cc2Cl)c(Cl)c1. The molecule has 0 spiro atoms. The van der Waals surface area contributed by atoms with E-state index < -0.39 is 17.8 Å². The second-order valence-corrected chi connectivity index (χ2v) is 38.1. The minimum atomic E-state index is -0.690. The Morgan fingerprint density at radius 3 is 1.12 bits per heavy atom. The maximum Gasteiger partial charge on any atom is 0.473 e. The lowest BCUT2D eigenvalue weighted by molar-refractivity contribution is -0.454. The first-order chi connectivity index (χ1) is 60.4. The summed E-state index contributed by atoms with van der Waals surface area (Å²) in [5.41, 5.74) is 20.4. The molecule has 0 saturated carbocycles. The number of ether oxygens (including phenoxy) is 1. The van der Waals surface area contributed by atoms with Gasteiger partial charge in [0.1, 0.15) is 17.2 Å². The molecule has 10 nitrogen and oxygen atoms in total. The Hall–Kier alpha value is -8.35. The van der Waals surface area contributed by atoms with Crippen molar-refractivity contribution in [2.45, 2.75) is 57.8 Å². The van der Waals surface area contributed by atoms with E-state index in [1.54, 1.807) is 0 Å². The smallest absolute Gasteiger partial charge is 0.457 e. The van der Waals surface area contributed by atoms with Crippen LogP contribution < -0.4 is 9.14 Å². The number of hydrogen-bond donors (Lipinski definition) is 0. The maximum atomic E-state index is 7.15. The summed E-state index contributed by atoms with van der Waals surface area (Å²) in [6, 6.07) is 68.5. The Bertz CT molecular complexity index is 7200. The topological polar surface area (TPSA) is 92.3 Å². The molecular weight excluding hydrogens is 1960 g/mol. The molecule has 1 aliphatic heterocycles. The van der Waals surface area contributed by atoms with Crippen molar-refractivity contribution in [1.82, 2.24) is 33.5 Å². The fraction of sp³-hybridized carbons (Fsp3) is 0.0918. The second kappa shape index (κ2) is 35.5. The molecule has 28 heteroatoms. The average molecular weight is 2020 g/mol. The highest BCUT2D eigenvalue weighted by atomic mass is 35.5. The quantitative estimate of drug-likeness (QED) is 0.113. The molecule has 0 N–H and O–H groups in total. The molecule has 1 aliphatic rings. The van der Waals surface area contributed by atoms with Gasteiger partial charge in [-0.05, 0) is 176 Å². The first-order valence-electron chi connectivity index (χ1n) is 38.8. The molecule has 12 aromatic carbocycles. The highest BCUT2D eigenvalue weighted by molar-refractivity contribution is 6.43. The summed E-state index contributed by atoms with van der Waals surface area (Å²) < 4.78 is 20.8. The van der Waals surface area contributed by atoms with Crippen LogP contribution in [0.2, 0.25) is 90.4 Å². The molecule has 126 heavy (non-hydrogen) atoms. The fourth-order valence-electron chi connectivity index (χ4n) is 17.1. The van der Waals surface area contributed by atoms with Gasteiger partial charge in [-0.1, -0.05) is 295 Å². The summed E-state index contributed by atoms with van der Waals surface area (Å²) in [6.45, 7) is 10.1. The fourth-order valence-corrected chi connectivity index (χ4v) is 23.4. The zero-order valence-corrected chi connectivity index (χ0v) is 79.7. The van der Waals surface area contributed by atoms with Gasteiger partial charge in [-0.2, -0.15) is 8.97 Å². The van der Waals surface area contributed by atoms with E-state index in [1.807, 2.05) is 218 Å². The second-order valence-electron chi connectivity index (χ2n) is 30.8. The lowest BCUT2D eigenvalue weighted by Gasteiger charge is -2.34. The third kappa shape index (κ3) is 15.9. The number of hydrogen-bond acceptors (Lipinski definition) is 6. The van der Waals surface area contributed by atoms with Crippen molar-refractivity contribution in [3.8, 4) is 34.0 Å². The predicted molar refractivity (Wildman–Crippen MR) is 526 cm³/mol. The first kappa shape index (κ1) is 88.3. The van der Waals surface area contributed by atoms with E-state index in [0.29, 0.717) is 152 Å². The first-order valence-corrected chi connectivity index (χ1v) is 45.6. The van der Waals surface area contributed by atoms with Crippen molar-refractivity contribution in [2.75, 3.05) is 0 Å². The van der Waals surface area contributed by atoms with Gasteiger partial charge in [0.25, 0.3) is 0 Å². The Morgan fingerprint density at radius 1 is 0.310 bits per heavy atom. The van der Waals surface area contributed by atoms with E-state index in [0.717, 1.165) is 106 Å². The summed E-state index contributed by atoms with van der Waals surface area (Å²) in [4.78, 5) is 17.3. The van der Waals surface area contributed by atoms with Gasteiger partial charge in [0, 0.05) is 184 Å². The van der Waals surface area contributed by atoms with E-state index in [2.05, 4.69) is 61.9 Å². The Balaban J connectivity index is 0.000000128. The lowest BCUT2D eigenvalue weighted by Crippen LogP contribution is -2.24. The molecule has 0 amide bonds. The number of aryl methyl sites for hydroxylation is 3. The van der Waals surface area contributed by atoms with Gasteiger partial charge >= 0.3 is 5.84 Å². The van der Waals surface area contributed by atoms with Crippen LogP contribution in [0.1, 0.15) is 109 Å². The van der Waals surface area contributed by atoms with E-state index in [1.165, 1.54) is 37.2 Å². The van der Waals surface area contributed by atoms with Crippen LogP contribution in [0.5, 0.6) is 11.5 Å². The molecule has 0 aliphatic carbocycles. The van der Waals surface area contributed by atoms with Gasteiger partial charge in [-0.3, -0.25) is 23.9 Å². The number of fused-ring (bicyclic) bond motifs is 12. The summed E-state index contributed by atoms with van der Waals surface area (Å²) in [6.07, 6.45) is 9.13. The largest absolute Gasteiger partial charge is 0.473 e. The number of oxazole rings is 1. The van der Waals surface area contributed by atoms with Gasteiger partial charge in [-0.15, -0.1) is 0 Å². The number of halogens is 18. The lowest BCUT2D eigenvalue weighted by atomic mass is 9.75. The number of benzene rings is 12. The maximum absolute atomic E-state index is 7.15. The van der Waals surface area contributed by atoms with Gasteiger partial charge in [-0.25, -0.2) is 4.98 Å². The molecule has 8 heterocycles. The third-order valence-corrected chi connectivity index (χ3v) is 28.1. The van der Waals surface area contributed by atoms with E-state index >= 15 is 0 Å². The van der Waals surface area contributed by atoms with Crippen LogP contribution in [0.3, 0.4) is 0 Å². The molecule has 3 unspecified atom stereocenters. The van der Waals surface area contributed by atoms with Crippen molar-refractivity contribution in [3.63, 3.8) is 0 Å². The van der Waals surface area contributed by atoms with Crippen LogP contribution in [-0.4, -0.2) is 33.5 Å². The Morgan fingerprint density at radius 2 is 0.659 bits per heavy atom. The van der Waals surface area contributed by atoms with E-state index in [-0.39, 0.29) is 5.41 Å².